The van der Waals surface area contributed by atoms with Crippen LogP contribution in [0.3, 0.4) is 0 Å². The van der Waals surface area contributed by atoms with E-state index in [4.69, 9.17) is 25.7 Å². The topological polar surface area (TPSA) is 97.3 Å². The Morgan fingerprint density at radius 3 is 2.39 bits per heavy atom. The summed E-state index contributed by atoms with van der Waals surface area (Å²) in [5, 5.41) is 9.53. The lowest BCUT2D eigenvalue weighted by Crippen LogP contribution is -2.02. The van der Waals surface area contributed by atoms with Gasteiger partial charge in [-0.05, 0) is 37.0 Å². The van der Waals surface area contributed by atoms with E-state index >= 15 is 0 Å². The molecule has 3 rings (SSSR count). The van der Waals surface area contributed by atoms with E-state index in [-0.39, 0.29) is 5.75 Å². The molecule has 5 nitrogen and oxygen atoms in total. The smallest absolute Gasteiger partial charge is 0.281 e. The highest BCUT2D eigenvalue weighted by Gasteiger charge is 2.17. The number of furan rings is 1. The predicted octanol–water partition coefficient (Wildman–Crippen LogP) is 4.00. The fraction of sp³-hybridized carbons (Fsp3) is 0.333. The summed E-state index contributed by atoms with van der Waals surface area (Å²) in [5.74, 6) is 1.54. The average molecular weight is 315 g/mol. The maximum atomic E-state index is 7.78. The van der Waals surface area contributed by atoms with Crippen molar-refractivity contribution in [1.82, 2.24) is 0 Å². The largest absolute Gasteiger partial charge is 0.592 e. The summed E-state index contributed by atoms with van der Waals surface area (Å²) in [7, 11) is 0. The van der Waals surface area contributed by atoms with Gasteiger partial charge in [-0.1, -0.05) is 13.8 Å². The molecule has 0 fully saturated rings. The molecule has 0 radical (unpaired) electrons. The molecule has 3 aromatic rings. The highest BCUT2D eigenvalue weighted by atomic mass is 16.5. The third-order valence-corrected chi connectivity index (χ3v) is 4.03. The number of rotatable bonds is 5. The molecule has 0 aliphatic rings. The van der Waals surface area contributed by atoms with E-state index in [1.807, 2.05) is 18.2 Å². The summed E-state index contributed by atoms with van der Waals surface area (Å²) in [6.07, 6.45) is 2.11. The van der Waals surface area contributed by atoms with Crippen molar-refractivity contribution in [2.45, 2.75) is 26.7 Å². The molecule has 0 saturated carbocycles. The van der Waals surface area contributed by atoms with Gasteiger partial charge < -0.3 is 25.7 Å². The Kier molecular flexibility index (Phi) is 3.94. The number of hydrogen-bond donors (Lipinski definition) is 2. The van der Waals surface area contributed by atoms with Crippen molar-refractivity contribution in [3.63, 3.8) is 0 Å². The quantitative estimate of drug-likeness (QED) is 0.422. The first-order valence-electron chi connectivity index (χ1n) is 7.86. The van der Waals surface area contributed by atoms with E-state index in [1.165, 1.54) is 0 Å². The number of anilines is 2. The van der Waals surface area contributed by atoms with Crippen LogP contribution in [0.4, 0.5) is 11.4 Å². The molecule has 0 aliphatic carbocycles. The first-order chi connectivity index (χ1) is 11.0. The number of hydrogen-bond acceptors (Lipinski definition) is 4. The molecule has 2 aromatic carbocycles. The summed E-state index contributed by atoms with van der Waals surface area (Å²) in [6.45, 7) is 5.02. The van der Waals surface area contributed by atoms with E-state index < -0.39 is 0 Å². The Labute approximate surface area is 134 Å². The number of fused-ring (bicyclic) bond motifs is 3. The molecular formula is C18H23N2O3+. The molecule has 0 aliphatic heterocycles. The predicted molar refractivity (Wildman–Crippen MR) is 95.2 cm³/mol. The Bertz CT molecular complexity index is 852. The SMILES string of the molecule is CC(C)CCCOc1ccc2c(oc3c(N)c([OH2+])ccc32)c1N. The molecular weight excluding hydrogens is 292 g/mol. The molecule has 0 spiro atoms. The van der Waals surface area contributed by atoms with E-state index in [0.717, 1.165) is 23.6 Å². The van der Waals surface area contributed by atoms with Crippen molar-refractivity contribution in [1.29, 1.82) is 0 Å². The molecule has 0 unspecified atom stereocenters. The molecule has 1 aromatic heterocycles. The first-order valence-corrected chi connectivity index (χ1v) is 7.86. The summed E-state index contributed by atoms with van der Waals surface area (Å²) in [4.78, 5) is 0. The molecule has 0 amide bonds. The lowest BCUT2D eigenvalue weighted by Gasteiger charge is -2.09. The van der Waals surface area contributed by atoms with Gasteiger partial charge in [-0.3, -0.25) is 0 Å². The zero-order valence-corrected chi connectivity index (χ0v) is 13.5. The normalized spacial score (nSPS) is 11.6. The fourth-order valence-corrected chi connectivity index (χ4v) is 2.73. The Morgan fingerprint density at radius 2 is 1.70 bits per heavy atom. The first kappa shape index (κ1) is 15.3. The second-order valence-electron chi connectivity index (χ2n) is 6.24. The van der Waals surface area contributed by atoms with Gasteiger partial charge in [-0.25, -0.2) is 0 Å². The minimum Gasteiger partial charge on any atom is -0.592 e. The van der Waals surface area contributed by atoms with Gasteiger partial charge in [-0.2, -0.15) is 0 Å². The lowest BCUT2D eigenvalue weighted by molar-refractivity contribution is 0.299. The van der Waals surface area contributed by atoms with Crippen LogP contribution in [-0.4, -0.2) is 11.7 Å². The summed E-state index contributed by atoms with van der Waals surface area (Å²) in [5.41, 5.74) is 14.0. The van der Waals surface area contributed by atoms with Crippen molar-refractivity contribution >= 4 is 33.3 Å². The Balaban J connectivity index is 1.96. The number of nitrogen functional groups attached to an aromatic ring is 2. The van der Waals surface area contributed by atoms with E-state index in [0.29, 0.717) is 40.8 Å². The van der Waals surface area contributed by atoms with Crippen molar-refractivity contribution in [3.05, 3.63) is 24.3 Å². The van der Waals surface area contributed by atoms with Crippen molar-refractivity contribution < 1.29 is 14.3 Å². The molecule has 122 valence electrons. The maximum absolute atomic E-state index is 7.78. The van der Waals surface area contributed by atoms with Crippen LogP contribution in [0.2, 0.25) is 0 Å². The van der Waals surface area contributed by atoms with Crippen LogP contribution in [0.5, 0.6) is 11.5 Å². The van der Waals surface area contributed by atoms with E-state index in [2.05, 4.69) is 13.8 Å². The standard InChI is InChI=1S/C18H22N2O3/c1-10(2)4-3-9-22-14-8-6-12-11-5-7-13(21)15(19)17(11)23-18(12)16(14)20/h5-8,10,21H,3-4,9,19-20H2,1-2H3/p+1. The minimum absolute atomic E-state index is 0.250. The Morgan fingerprint density at radius 1 is 1.04 bits per heavy atom. The van der Waals surface area contributed by atoms with Gasteiger partial charge in [0.15, 0.2) is 16.9 Å². The highest BCUT2D eigenvalue weighted by Crippen LogP contribution is 2.41. The van der Waals surface area contributed by atoms with Gasteiger partial charge >= 0.3 is 0 Å². The van der Waals surface area contributed by atoms with E-state index in [9.17, 15) is 0 Å². The zero-order chi connectivity index (χ0) is 16.6. The molecule has 0 saturated heterocycles. The minimum atomic E-state index is 0.250. The lowest BCUT2D eigenvalue weighted by atomic mass is 10.1. The number of nitrogens with two attached hydrogens (primary N) is 2. The van der Waals surface area contributed by atoms with Crippen LogP contribution in [0.15, 0.2) is 28.7 Å². The van der Waals surface area contributed by atoms with Crippen molar-refractivity contribution in [3.8, 4) is 11.5 Å². The maximum Gasteiger partial charge on any atom is 0.281 e. The monoisotopic (exact) mass is 315 g/mol. The summed E-state index contributed by atoms with van der Waals surface area (Å²) < 4.78 is 11.6. The second kappa shape index (κ2) is 5.91. The molecule has 0 bridgehead atoms. The van der Waals surface area contributed by atoms with Gasteiger partial charge in [0.2, 0.25) is 0 Å². The van der Waals surface area contributed by atoms with Gasteiger partial charge in [-0.15, -0.1) is 0 Å². The third-order valence-electron chi connectivity index (χ3n) is 4.03. The van der Waals surface area contributed by atoms with Crippen molar-refractivity contribution in [2.75, 3.05) is 18.1 Å². The molecule has 1 heterocycles. The van der Waals surface area contributed by atoms with Crippen LogP contribution in [0, 0.1) is 5.92 Å². The average Bonchev–Trinajstić information content (AvgIpc) is 2.89. The van der Waals surface area contributed by atoms with Crippen molar-refractivity contribution in [2.24, 2.45) is 5.92 Å². The van der Waals surface area contributed by atoms with Crippen LogP contribution in [0.1, 0.15) is 26.7 Å². The van der Waals surface area contributed by atoms with E-state index in [1.54, 1.807) is 6.07 Å². The van der Waals surface area contributed by atoms with Crippen LogP contribution >= 0.6 is 0 Å². The second-order valence-corrected chi connectivity index (χ2v) is 6.24. The molecule has 0 atom stereocenters. The van der Waals surface area contributed by atoms with Crippen LogP contribution < -0.4 is 16.2 Å². The number of benzene rings is 2. The summed E-state index contributed by atoms with van der Waals surface area (Å²) >= 11 is 0. The summed E-state index contributed by atoms with van der Waals surface area (Å²) in [6, 6.07) is 7.30. The Hall–Kier alpha value is -2.56. The highest BCUT2D eigenvalue weighted by molar-refractivity contribution is 6.12. The fourth-order valence-electron chi connectivity index (χ4n) is 2.73. The van der Waals surface area contributed by atoms with Gasteiger partial charge in [0.1, 0.15) is 11.4 Å². The third kappa shape index (κ3) is 2.74. The molecule has 6 N–H and O–H groups in total. The van der Waals surface area contributed by atoms with Gasteiger partial charge in [0.25, 0.3) is 5.75 Å². The van der Waals surface area contributed by atoms with Crippen LogP contribution in [-0.2, 0) is 0 Å². The molecule has 5 heteroatoms. The number of ether oxygens (including phenoxy) is 1. The molecule has 23 heavy (non-hydrogen) atoms. The van der Waals surface area contributed by atoms with Gasteiger partial charge in [0, 0.05) is 16.8 Å². The zero-order valence-electron chi connectivity index (χ0n) is 13.5. The van der Waals surface area contributed by atoms with Crippen LogP contribution in [0.25, 0.3) is 21.9 Å². The van der Waals surface area contributed by atoms with Gasteiger partial charge in [0.05, 0.1) is 6.61 Å².